The molecule has 1 aromatic heterocycles. The number of nitrogens with one attached hydrogen (secondary N) is 1. The fraction of sp³-hybridized carbons (Fsp3) is 0.227. The van der Waals surface area contributed by atoms with Crippen LogP contribution < -0.4 is 19.5 Å². The highest BCUT2D eigenvalue weighted by molar-refractivity contribution is 5.89. The van der Waals surface area contributed by atoms with Crippen LogP contribution in [0.1, 0.15) is 15.9 Å². The number of ether oxygens (including phenoxy) is 3. The van der Waals surface area contributed by atoms with E-state index in [0.29, 0.717) is 35.1 Å². The summed E-state index contributed by atoms with van der Waals surface area (Å²) in [5.41, 5.74) is 2.50. The van der Waals surface area contributed by atoms with E-state index in [1.807, 2.05) is 18.2 Å². The molecule has 0 saturated heterocycles. The number of hydrogen-bond acceptors (Lipinski definition) is 7. The summed E-state index contributed by atoms with van der Waals surface area (Å²) in [6.45, 7) is 0.615. The maximum absolute atomic E-state index is 11.3. The van der Waals surface area contributed by atoms with Gasteiger partial charge < -0.3 is 24.6 Å². The fourth-order valence-corrected chi connectivity index (χ4v) is 2.94. The molecule has 30 heavy (non-hydrogen) atoms. The lowest BCUT2D eigenvalue weighted by atomic mass is 10.1. The molecule has 2 aromatic carbocycles. The van der Waals surface area contributed by atoms with Crippen molar-refractivity contribution in [3.63, 3.8) is 0 Å². The van der Waals surface area contributed by atoms with Gasteiger partial charge in [-0.1, -0.05) is 18.2 Å². The second-order valence-corrected chi connectivity index (χ2v) is 6.38. The molecule has 0 bridgehead atoms. The molecule has 0 aliphatic heterocycles. The van der Waals surface area contributed by atoms with E-state index in [1.165, 1.54) is 13.2 Å². The van der Waals surface area contributed by atoms with Gasteiger partial charge in [-0.2, -0.15) is 9.97 Å². The molecule has 0 spiro atoms. The number of aromatic nitrogens is 2. The van der Waals surface area contributed by atoms with Crippen LogP contribution in [0.5, 0.6) is 17.5 Å². The summed E-state index contributed by atoms with van der Waals surface area (Å²) >= 11 is 0. The molecule has 156 valence electrons. The summed E-state index contributed by atoms with van der Waals surface area (Å²) in [5.74, 6) is 0.950. The molecule has 0 aliphatic rings. The molecular weight excluding hydrogens is 386 g/mol. The first kappa shape index (κ1) is 20.9. The Morgan fingerprint density at radius 1 is 0.967 bits per heavy atom. The zero-order valence-electron chi connectivity index (χ0n) is 17.0. The monoisotopic (exact) mass is 409 g/mol. The smallest absolute Gasteiger partial charge is 0.335 e. The van der Waals surface area contributed by atoms with Crippen molar-refractivity contribution in [3.8, 4) is 28.8 Å². The predicted octanol–water partition coefficient (Wildman–Crippen LogP) is 3.52. The predicted molar refractivity (Wildman–Crippen MR) is 113 cm³/mol. The van der Waals surface area contributed by atoms with Crippen molar-refractivity contribution in [1.82, 2.24) is 9.97 Å². The van der Waals surface area contributed by atoms with Crippen LogP contribution in [0.15, 0.2) is 48.5 Å². The Labute approximate surface area is 174 Å². The number of benzene rings is 2. The summed E-state index contributed by atoms with van der Waals surface area (Å²) in [6.07, 6.45) is 0.733. The molecule has 0 aliphatic carbocycles. The van der Waals surface area contributed by atoms with Gasteiger partial charge in [-0.05, 0) is 36.2 Å². The first-order valence-corrected chi connectivity index (χ1v) is 9.25. The van der Waals surface area contributed by atoms with Crippen molar-refractivity contribution in [2.24, 2.45) is 0 Å². The number of carboxylic acids is 1. The van der Waals surface area contributed by atoms with E-state index in [0.717, 1.165) is 12.0 Å². The molecule has 0 unspecified atom stereocenters. The van der Waals surface area contributed by atoms with Gasteiger partial charge in [0.25, 0.3) is 0 Å². The Balaban J connectivity index is 1.76. The van der Waals surface area contributed by atoms with Crippen LogP contribution in [0.4, 0.5) is 5.82 Å². The van der Waals surface area contributed by atoms with Gasteiger partial charge in [-0.25, -0.2) is 4.79 Å². The van der Waals surface area contributed by atoms with E-state index in [1.54, 1.807) is 38.5 Å². The van der Waals surface area contributed by atoms with Gasteiger partial charge in [-0.15, -0.1) is 0 Å². The average molecular weight is 409 g/mol. The second-order valence-electron chi connectivity index (χ2n) is 6.38. The van der Waals surface area contributed by atoms with Crippen LogP contribution in [0.3, 0.4) is 0 Å². The van der Waals surface area contributed by atoms with Gasteiger partial charge in [-0.3, -0.25) is 0 Å². The molecule has 0 atom stereocenters. The molecule has 8 heteroatoms. The van der Waals surface area contributed by atoms with Crippen molar-refractivity contribution < 1.29 is 24.1 Å². The van der Waals surface area contributed by atoms with Crippen molar-refractivity contribution in [2.75, 3.05) is 33.2 Å². The molecule has 8 nitrogen and oxygen atoms in total. The van der Waals surface area contributed by atoms with Gasteiger partial charge in [0.05, 0.1) is 32.6 Å². The van der Waals surface area contributed by atoms with Crippen molar-refractivity contribution in [1.29, 1.82) is 0 Å². The molecule has 3 aromatic rings. The maximum Gasteiger partial charge on any atom is 0.335 e. The molecular formula is C22H23N3O5. The number of hydrogen-bond donors (Lipinski definition) is 2. The van der Waals surface area contributed by atoms with Gasteiger partial charge in [0, 0.05) is 18.2 Å². The minimum Gasteiger partial charge on any atom is -0.493 e. The average Bonchev–Trinajstić information content (AvgIpc) is 2.78. The lowest BCUT2D eigenvalue weighted by Gasteiger charge is -2.11. The zero-order chi connectivity index (χ0) is 21.5. The number of aromatic carboxylic acids is 1. The Morgan fingerprint density at radius 3 is 2.47 bits per heavy atom. The van der Waals surface area contributed by atoms with Gasteiger partial charge in [0.15, 0.2) is 11.5 Å². The number of rotatable bonds is 9. The van der Waals surface area contributed by atoms with Crippen molar-refractivity contribution in [3.05, 3.63) is 59.7 Å². The lowest BCUT2D eigenvalue weighted by Crippen LogP contribution is -2.08. The minimum absolute atomic E-state index is 0.188. The summed E-state index contributed by atoms with van der Waals surface area (Å²) < 4.78 is 15.8. The van der Waals surface area contributed by atoms with Crippen LogP contribution in [-0.4, -0.2) is 48.9 Å². The standard InChI is InChI=1S/C22H23N3O5/c1-28-18-8-7-14(11-19(18)29-2)9-10-23-20-13-17(24-22(25-20)30-3)15-5-4-6-16(12-15)21(26)27/h4-8,11-13H,9-10H2,1-3H3,(H,26,27)(H,23,24,25). The number of carbonyl (C=O) groups is 1. The van der Waals surface area contributed by atoms with E-state index < -0.39 is 5.97 Å². The van der Waals surface area contributed by atoms with E-state index in [9.17, 15) is 9.90 Å². The molecule has 2 N–H and O–H groups in total. The number of nitrogens with zero attached hydrogens (tertiary/aromatic N) is 2. The van der Waals surface area contributed by atoms with Crippen LogP contribution in [0.25, 0.3) is 11.3 Å². The van der Waals surface area contributed by atoms with E-state index in [2.05, 4.69) is 15.3 Å². The third-order valence-corrected chi connectivity index (χ3v) is 4.46. The van der Waals surface area contributed by atoms with Gasteiger partial charge >= 0.3 is 12.0 Å². The molecule has 0 amide bonds. The highest BCUT2D eigenvalue weighted by Crippen LogP contribution is 2.28. The number of methoxy groups -OCH3 is 3. The molecule has 1 heterocycles. The molecule has 0 radical (unpaired) electrons. The van der Waals surface area contributed by atoms with Crippen LogP contribution in [-0.2, 0) is 6.42 Å². The van der Waals surface area contributed by atoms with Crippen molar-refractivity contribution in [2.45, 2.75) is 6.42 Å². The van der Waals surface area contributed by atoms with Crippen LogP contribution >= 0.6 is 0 Å². The normalized spacial score (nSPS) is 10.4. The SMILES string of the molecule is COc1nc(NCCc2ccc(OC)c(OC)c2)cc(-c2cccc(C(=O)O)c2)n1. The second kappa shape index (κ2) is 9.60. The van der Waals surface area contributed by atoms with E-state index >= 15 is 0 Å². The Bertz CT molecular complexity index is 1040. The van der Waals surface area contributed by atoms with Gasteiger partial charge in [0.1, 0.15) is 5.82 Å². The third kappa shape index (κ3) is 4.96. The van der Waals surface area contributed by atoms with Crippen molar-refractivity contribution >= 4 is 11.8 Å². The Kier molecular flexibility index (Phi) is 6.69. The summed E-state index contributed by atoms with van der Waals surface area (Å²) in [7, 11) is 4.69. The van der Waals surface area contributed by atoms with E-state index in [4.69, 9.17) is 14.2 Å². The molecule has 0 fully saturated rings. The summed E-state index contributed by atoms with van der Waals surface area (Å²) in [4.78, 5) is 19.9. The molecule has 0 saturated carbocycles. The highest BCUT2D eigenvalue weighted by atomic mass is 16.5. The summed E-state index contributed by atoms with van der Waals surface area (Å²) in [5, 5.41) is 12.5. The Morgan fingerprint density at radius 2 is 1.77 bits per heavy atom. The van der Waals surface area contributed by atoms with Crippen LogP contribution in [0.2, 0.25) is 0 Å². The number of anilines is 1. The minimum atomic E-state index is -0.994. The first-order valence-electron chi connectivity index (χ1n) is 9.25. The van der Waals surface area contributed by atoms with Gasteiger partial charge in [0.2, 0.25) is 0 Å². The lowest BCUT2D eigenvalue weighted by molar-refractivity contribution is 0.0697. The number of carboxylic acid groups (broad SMARTS) is 1. The quantitative estimate of drug-likeness (QED) is 0.553. The fourth-order valence-electron chi connectivity index (χ4n) is 2.94. The topological polar surface area (TPSA) is 103 Å². The first-order chi connectivity index (χ1) is 14.5. The van der Waals surface area contributed by atoms with E-state index in [-0.39, 0.29) is 11.6 Å². The summed E-state index contributed by atoms with van der Waals surface area (Å²) in [6, 6.07) is 14.3. The third-order valence-electron chi connectivity index (χ3n) is 4.46. The molecule has 3 rings (SSSR count). The zero-order valence-corrected chi connectivity index (χ0v) is 17.0. The maximum atomic E-state index is 11.3. The van der Waals surface area contributed by atoms with Crippen LogP contribution in [0, 0.1) is 0 Å². The highest BCUT2D eigenvalue weighted by Gasteiger charge is 2.10. The Hall–Kier alpha value is -3.81. The largest absolute Gasteiger partial charge is 0.493 e.